The van der Waals surface area contributed by atoms with Gasteiger partial charge in [0.15, 0.2) is 0 Å². The lowest BCUT2D eigenvalue weighted by atomic mass is 9.92. The number of rotatable bonds is 9. The van der Waals surface area contributed by atoms with Gasteiger partial charge in [0.05, 0.1) is 6.61 Å². The van der Waals surface area contributed by atoms with Crippen LogP contribution in [0.3, 0.4) is 0 Å². The topological polar surface area (TPSA) is 92.5 Å². The minimum Gasteiger partial charge on any atom is -0.494 e. The number of ether oxygens (including phenoxy) is 1. The Labute approximate surface area is 198 Å². The molecule has 0 aliphatic carbocycles. The Morgan fingerprint density at radius 1 is 1.32 bits per heavy atom. The maximum Gasteiger partial charge on any atom is 0.322 e. The van der Waals surface area contributed by atoms with Crippen molar-refractivity contribution in [3.05, 3.63) is 35.2 Å². The summed E-state index contributed by atoms with van der Waals surface area (Å²) in [7, 11) is 0. The second-order valence-electron chi connectivity index (χ2n) is 9.35. The van der Waals surface area contributed by atoms with Crippen LogP contribution in [0.15, 0.2) is 22.7 Å². The summed E-state index contributed by atoms with van der Waals surface area (Å²) in [6.45, 7) is 6.49. The van der Waals surface area contributed by atoms with Gasteiger partial charge in [-0.05, 0) is 80.4 Å². The van der Waals surface area contributed by atoms with Crippen molar-refractivity contribution in [1.29, 1.82) is 0 Å². The molecule has 0 saturated carbocycles. The van der Waals surface area contributed by atoms with Crippen molar-refractivity contribution in [3.8, 4) is 5.75 Å². The molecule has 2 saturated heterocycles. The Kier molecular flexibility index (Phi) is 7.65. The number of alkyl halides is 2. The van der Waals surface area contributed by atoms with E-state index in [1.807, 2.05) is 30.0 Å². The van der Waals surface area contributed by atoms with Crippen LogP contribution in [0.25, 0.3) is 0 Å². The molecule has 1 aromatic heterocycles. The smallest absolute Gasteiger partial charge is 0.322 e. The SMILES string of the molecule is Cc1cc(OCCCC2CCN(c3noc(C(C)(F)F)n3)CC2)ccc1C(=O)NC1CCNC1. The number of carbonyl (C=O) groups is 1. The largest absolute Gasteiger partial charge is 0.494 e. The van der Waals surface area contributed by atoms with E-state index in [1.54, 1.807) is 0 Å². The third kappa shape index (κ3) is 6.22. The van der Waals surface area contributed by atoms with Crippen LogP contribution in [0.2, 0.25) is 0 Å². The lowest BCUT2D eigenvalue weighted by molar-refractivity contribution is -0.0158. The summed E-state index contributed by atoms with van der Waals surface area (Å²) in [6, 6.07) is 5.79. The van der Waals surface area contributed by atoms with Gasteiger partial charge in [-0.1, -0.05) is 0 Å². The highest BCUT2D eigenvalue weighted by Crippen LogP contribution is 2.29. The van der Waals surface area contributed by atoms with Crippen LogP contribution >= 0.6 is 0 Å². The van der Waals surface area contributed by atoms with Gasteiger partial charge in [-0.25, -0.2) is 0 Å². The molecule has 0 spiro atoms. The van der Waals surface area contributed by atoms with Crippen LogP contribution in [0, 0.1) is 12.8 Å². The van der Waals surface area contributed by atoms with Crippen LogP contribution in [-0.4, -0.2) is 54.9 Å². The van der Waals surface area contributed by atoms with E-state index in [2.05, 4.69) is 20.8 Å². The molecule has 1 atom stereocenters. The third-order valence-corrected chi connectivity index (χ3v) is 6.55. The van der Waals surface area contributed by atoms with Gasteiger partial charge in [0, 0.05) is 38.2 Å². The molecule has 2 fully saturated rings. The fourth-order valence-electron chi connectivity index (χ4n) is 4.53. The molecule has 3 heterocycles. The molecule has 1 amide bonds. The number of aryl methyl sites for hydroxylation is 1. The lowest BCUT2D eigenvalue weighted by Gasteiger charge is -2.30. The molecule has 2 N–H and O–H groups in total. The van der Waals surface area contributed by atoms with Gasteiger partial charge in [0.25, 0.3) is 17.7 Å². The van der Waals surface area contributed by atoms with Crippen LogP contribution < -0.4 is 20.3 Å². The Bertz CT molecular complexity index is 964. The number of amides is 1. The molecule has 2 aromatic rings. The third-order valence-electron chi connectivity index (χ3n) is 6.55. The van der Waals surface area contributed by atoms with Gasteiger partial charge in [-0.2, -0.15) is 13.8 Å². The van der Waals surface area contributed by atoms with E-state index in [9.17, 15) is 13.6 Å². The van der Waals surface area contributed by atoms with Crippen molar-refractivity contribution in [2.75, 3.05) is 37.7 Å². The molecule has 1 aromatic carbocycles. The van der Waals surface area contributed by atoms with Crippen LogP contribution in [-0.2, 0) is 5.92 Å². The van der Waals surface area contributed by atoms with Crippen LogP contribution in [0.5, 0.6) is 5.75 Å². The van der Waals surface area contributed by atoms with E-state index in [0.717, 1.165) is 76.5 Å². The van der Waals surface area contributed by atoms with E-state index in [1.165, 1.54) is 0 Å². The summed E-state index contributed by atoms with van der Waals surface area (Å²) >= 11 is 0. The van der Waals surface area contributed by atoms with E-state index in [0.29, 0.717) is 18.1 Å². The first-order chi connectivity index (χ1) is 16.3. The zero-order valence-electron chi connectivity index (χ0n) is 19.8. The highest BCUT2D eigenvalue weighted by molar-refractivity contribution is 5.96. The number of anilines is 1. The number of benzene rings is 1. The zero-order valence-corrected chi connectivity index (χ0v) is 19.8. The summed E-state index contributed by atoms with van der Waals surface area (Å²) in [6.07, 6.45) is 4.82. The van der Waals surface area contributed by atoms with E-state index in [-0.39, 0.29) is 17.9 Å². The quantitative estimate of drug-likeness (QED) is 0.533. The first-order valence-corrected chi connectivity index (χ1v) is 12.0. The fourth-order valence-corrected chi connectivity index (χ4v) is 4.53. The maximum atomic E-state index is 13.3. The van der Waals surface area contributed by atoms with Gasteiger partial charge in [0.2, 0.25) is 0 Å². The van der Waals surface area contributed by atoms with Crippen molar-refractivity contribution in [3.63, 3.8) is 0 Å². The number of nitrogens with one attached hydrogen (secondary N) is 2. The Morgan fingerprint density at radius 3 is 2.76 bits per heavy atom. The number of hydrogen-bond donors (Lipinski definition) is 2. The van der Waals surface area contributed by atoms with Gasteiger partial charge in [-0.15, -0.1) is 0 Å². The highest BCUT2D eigenvalue weighted by Gasteiger charge is 2.33. The van der Waals surface area contributed by atoms with E-state index < -0.39 is 11.8 Å². The van der Waals surface area contributed by atoms with Crippen molar-refractivity contribution < 1.29 is 22.8 Å². The van der Waals surface area contributed by atoms with Crippen LogP contribution in [0.1, 0.15) is 60.8 Å². The second kappa shape index (κ2) is 10.7. The summed E-state index contributed by atoms with van der Waals surface area (Å²) in [4.78, 5) is 18.2. The lowest BCUT2D eigenvalue weighted by Crippen LogP contribution is -2.36. The van der Waals surface area contributed by atoms with E-state index in [4.69, 9.17) is 9.26 Å². The van der Waals surface area contributed by atoms with Crippen LogP contribution in [0.4, 0.5) is 14.7 Å². The van der Waals surface area contributed by atoms with Crippen molar-refractivity contribution in [2.24, 2.45) is 5.92 Å². The Morgan fingerprint density at radius 2 is 2.12 bits per heavy atom. The minimum atomic E-state index is -3.12. The Hall–Kier alpha value is -2.75. The first-order valence-electron chi connectivity index (χ1n) is 12.0. The summed E-state index contributed by atoms with van der Waals surface area (Å²) < 4.78 is 37.2. The normalized spacial score (nSPS) is 19.4. The zero-order chi connectivity index (χ0) is 24.1. The first kappa shape index (κ1) is 24.4. The molecule has 186 valence electrons. The van der Waals surface area contributed by atoms with Crippen molar-refractivity contribution in [2.45, 2.75) is 57.9 Å². The van der Waals surface area contributed by atoms with Gasteiger partial charge in [-0.3, -0.25) is 4.79 Å². The number of halogens is 2. The van der Waals surface area contributed by atoms with Crippen molar-refractivity contribution >= 4 is 11.9 Å². The van der Waals surface area contributed by atoms with E-state index >= 15 is 0 Å². The molecule has 34 heavy (non-hydrogen) atoms. The molecule has 4 rings (SSSR count). The monoisotopic (exact) mass is 477 g/mol. The van der Waals surface area contributed by atoms with Gasteiger partial charge in [0.1, 0.15) is 5.75 Å². The molecule has 0 radical (unpaired) electrons. The number of nitrogens with zero attached hydrogens (tertiary/aromatic N) is 3. The molecule has 8 nitrogen and oxygen atoms in total. The molecule has 1 unspecified atom stereocenters. The number of hydrogen-bond acceptors (Lipinski definition) is 7. The fraction of sp³-hybridized carbons (Fsp3) is 0.625. The number of aromatic nitrogens is 2. The maximum absolute atomic E-state index is 13.3. The predicted molar refractivity (Wildman–Crippen MR) is 123 cm³/mol. The summed E-state index contributed by atoms with van der Waals surface area (Å²) in [5, 5.41) is 10.0. The molecule has 2 aliphatic heterocycles. The average Bonchev–Trinajstić information content (AvgIpc) is 3.49. The highest BCUT2D eigenvalue weighted by atomic mass is 19.3. The average molecular weight is 478 g/mol. The van der Waals surface area contributed by atoms with Gasteiger partial charge < -0.3 is 24.8 Å². The molecular weight excluding hydrogens is 444 g/mol. The molecular formula is C24H33F2N5O3. The molecule has 0 bridgehead atoms. The summed E-state index contributed by atoms with van der Waals surface area (Å²) in [5.74, 6) is -2.24. The summed E-state index contributed by atoms with van der Waals surface area (Å²) in [5.41, 5.74) is 1.58. The second-order valence-corrected chi connectivity index (χ2v) is 9.35. The predicted octanol–water partition coefficient (Wildman–Crippen LogP) is 3.66. The molecule has 10 heteroatoms. The number of piperidine rings is 1. The number of carbonyl (C=O) groups excluding carboxylic acids is 1. The van der Waals surface area contributed by atoms with Crippen molar-refractivity contribution in [1.82, 2.24) is 20.8 Å². The standard InChI is InChI=1S/C24H33F2N5O3/c1-16-14-19(5-6-20(16)21(32)28-18-7-10-27-15-18)33-13-3-4-17-8-11-31(12-9-17)23-29-22(34-30-23)24(2,25)26/h5-6,14,17-18,27H,3-4,7-13,15H2,1-2H3,(H,28,32). The molecule has 2 aliphatic rings. The van der Waals surface area contributed by atoms with Gasteiger partial charge >= 0.3 is 5.92 Å². The minimum absolute atomic E-state index is 0.0375. The Balaban J connectivity index is 1.16.